The number of sulfonamides is 1. The average molecular weight is 320 g/mol. The van der Waals surface area contributed by atoms with Crippen molar-refractivity contribution in [1.82, 2.24) is 10.0 Å². The van der Waals surface area contributed by atoms with Gasteiger partial charge in [-0.15, -0.1) is 11.3 Å². The lowest BCUT2D eigenvalue weighted by Crippen LogP contribution is -2.26. The summed E-state index contributed by atoms with van der Waals surface area (Å²) in [5.41, 5.74) is 0. The smallest absolute Gasteiger partial charge is 0.304 e. The highest BCUT2D eigenvalue weighted by molar-refractivity contribution is 7.89. The Morgan fingerprint density at radius 1 is 1.40 bits per heavy atom. The van der Waals surface area contributed by atoms with Gasteiger partial charge >= 0.3 is 5.97 Å². The lowest BCUT2D eigenvalue weighted by atomic mass is 10.4. The third-order valence-corrected chi connectivity index (χ3v) is 5.12. The SMILES string of the molecule is CCNC(=O)c1cc(S(=O)(=O)NCCC(=O)O)c(C)s1. The van der Waals surface area contributed by atoms with Crippen molar-refractivity contribution < 1.29 is 23.1 Å². The van der Waals surface area contributed by atoms with E-state index in [1.165, 1.54) is 6.07 Å². The summed E-state index contributed by atoms with van der Waals surface area (Å²) in [4.78, 5) is 22.8. The van der Waals surface area contributed by atoms with E-state index in [2.05, 4.69) is 10.0 Å². The molecule has 7 nitrogen and oxygen atoms in total. The van der Waals surface area contributed by atoms with Crippen LogP contribution in [0.4, 0.5) is 0 Å². The fraction of sp³-hybridized carbons (Fsp3) is 0.455. The van der Waals surface area contributed by atoms with Crippen molar-refractivity contribution in [2.45, 2.75) is 25.2 Å². The van der Waals surface area contributed by atoms with Crippen LogP contribution >= 0.6 is 11.3 Å². The number of thiophene rings is 1. The van der Waals surface area contributed by atoms with Crippen LogP contribution in [0.1, 0.15) is 27.9 Å². The average Bonchev–Trinajstić information content (AvgIpc) is 2.71. The molecule has 0 unspecified atom stereocenters. The summed E-state index contributed by atoms with van der Waals surface area (Å²) in [7, 11) is -3.80. The molecule has 1 rings (SSSR count). The Kier molecular flexibility index (Phi) is 5.66. The molecule has 112 valence electrons. The van der Waals surface area contributed by atoms with E-state index >= 15 is 0 Å². The van der Waals surface area contributed by atoms with Crippen LogP contribution in [0.15, 0.2) is 11.0 Å². The second kappa shape index (κ2) is 6.82. The molecule has 9 heteroatoms. The maximum atomic E-state index is 12.0. The third kappa shape index (κ3) is 4.29. The van der Waals surface area contributed by atoms with Crippen molar-refractivity contribution in [2.75, 3.05) is 13.1 Å². The molecule has 1 aromatic rings. The fourth-order valence-corrected chi connectivity index (χ4v) is 4.00. The highest BCUT2D eigenvalue weighted by Crippen LogP contribution is 2.25. The lowest BCUT2D eigenvalue weighted by molar-refractivity contribution is -0.136. The summed E-state index contributed by atoms with van der Waals surface area (Å²) in [6.45, 7) is 3.63. The molecule has 0 spiro atoms. The second-order valence-corrected chi connectivity index (χ2v) is 6.92. The minimum Gasteiger partial charge on any atom is -0.481 e. The molecule has 0 radical (unpaired) electrons. The minimum absolute atomic E-state index is 0.00846. The molecule has 0 bridgehead atoms. The topological polar surface area (TPSA) is 113 Å². The zero-order chi connectivity index (χ0) is 15.3. The van der Waals surface area contributed by atoms with E-state index in [1.54, 1.807) is 13.8 Å². The predicted molar refractivity (Wildman–Crippen MR) is 74.5 cm³/mol. The summed E-state index contributed by atoms with van der Waals surface area (Å²) in [6.07, 6.45) is -0.300. The molecule has 0 atom stereocenters. The van der Waals surface area contributed by atoms with E-state index in [9.17, 15) is 18.0 Å². The highest BCUT2D eigenvalue weighted by Gasteiger charge is 2.22. The van der Waals surface area contributed by atoms with Crippen molar-refractivity contribution >= 4 is 33.2 Å². The quantitative estimate of drug-likeness (QED) is 0.679. The third-order valence-electron chi connectivity index (χ3n) is 2.35. The summed E-state index contributed by atoms with van der Waals surface area (Å²) in [5, 5.41) is 11.1. The molecule has 20 heavy (non-hydrogen) atoms. The van der Waals surface area contributed by atoms with Gasteiger partial charge in [-0.3, -0.25) is 9.59 Å². The number of nitrogens with one attached hydrogen (secondary N) is 2. The number of rotatable bonds is 7. The first-order valence-corrected chi connectivity index (χ1v) is 8.18. The standard InChI is InChI=1S/C11H16N2O5S2/c1-3-12-11(16)8-6-9(7(2)19-8)20(17,18)13-5-4-10(14)15/h6,13H,3-5H2,1-2H3,(H,12,16)(H,14,15). The number of carboxylic acids is 1. The van der Waals surface area contributed by atoms with Crippen LogP contribution in [0.5, 0.6) is 0 Å². The molecule has 3 N–H and O–H groups in total. The second-order valence-electron chi connectivity index (χ2n) is 3.93. The van der Waals surface area contributed by atoms with Gasteiger partial charge in [0.25, 0.3) is 5.91 Å². The van der Waals surface area contributed by atoms with Crippen LogP contribution in [-0.4, -0.2) is 38.5 Å². The fourth-order valence-electron chi connectivity index (χ4n) is 1.46. The number of carbonyl (C=O) groups is 2. The van der Waals surface area contributed by atoms with Gasteiger partial charge in [0, 0.05) is 18.0 Å². The molecule has 1 heterocycles. The molecule has 1 amide bonds. The van der Waals surface area contributed by atoms with Crippen LogP contribution < -0.4 is 10.0 Å². The summed E-state index contributed by atoms with van der Waals surface area (Å²) < 4.78 is 26.2. The van der Waals surface area contributed by atoms with Crippen molar-refractivity contribution in [1.29, 1.82) is 0 Å². The first kappa shape index (κ1) is 16.6. The molecular weight excluding hydrogens is 304 g/mol. The largest absolute Gasteiger partial charge is 0.481 e. The van der Waals surface area contributed by atoms with E-state index in [-0.39, 0.29) is 23.8 Å². The molecule has 0 aliphatic rings. The van der Waals surface area contributed by atoms with Gasteiger partial charge in [0.2, 0.25) is 10.0 Å². The summed E-state index contributed by atoms with van der Waals surface area (Å²) in [6, 6.07) is 1.30. The van der Waals surface area contributed by atoms with Gasteiger partial charge in [-0.2, -0.15) is 0 Å². The number of hydrogen-bond donors (Lipinski definition) is 3. The minimum atomic E-state index is -3.80. The van der Waals surface area contributed by atoms with Gasteiger partial charge < -0.3 is 10.4 Å². The van der Waals surface area contributed by atoms with Crippen LogP contribution in [0, 0.1) is 6.92 Å². The van der Waals surface area contributed by atoms with Gasteiger partial charge in [-0.25, -0.2) is 13.1 Å². The Morgan fingerprint density at radius 2 is 2.05 bits per heavy atom. The molecule has 0 aliphatic carbocycles. The lowest BCUT2D eigenvalue weighted by Gasteiger charge is -2.04. The van der Waals surface area contributed by atoms with E-state index in [0.717, 1.165) is 11.3 Å². The molecule has 0 fully saturated rings. The molecule has 0 saturated carbocycles. The normalized spacial score (nSPS) is 11.3. The number of amides is 1. The van der Waals surface area contributed by atoms with Crippen molar-refractivity contribution in [3.8, 4) is 0 Å². The first-order valence-electron chi connectivity index (χ1n) is 5.88. The Bertz CT molecular complexity index is 606. The zero-order valence-electron chi connectivity index (χ0n) is 11.1. The van der Waals surface area contributed by atoms with Crippen molar-refractivity contribution in [3.63, 3.8) is 0 Å². The molecule has 0 aliphatic heterocycles. The Labute approximate surface area is 121 Å². The van der Waals surface area contributed by atoms with Gasteiger partial charge in [-0.05, 0) is 19.9 Å². The van der Waals surface area contributed by atoms with Crippen molar-refractivity contribution in [3.05, 3.63) is 15.8 Å². The maximum Gasteiger partial charge on any atom is 0.304 e. The Morgan fingerprint density at radius 3 is 2.60 bits per heavy atom. The number of aryl methyl sites for hydroxylation is 1. The van der Waals surface area contributed by atoms with Crippen molar-refractivity contribution in [2.24, 2.45) is 0 Å². The molecule has 0 saturated heterocycles. The predicted octanol–water partition coefficient (Wildman–Crippen LogP) is 0.559. The van der Waals surface area contributed by atoms with Gasteiger partial charge in [0.1, 0.15) is 0 Å². The highest BCUT2D eigenvalue weighted by atomic mass is 32.2. The van der Waals surface area contributed by atoms with E-state index < -0.39 is 16.0 Å². The van der Waals surface area contributed by atoms with E-state index in [1.807, 2.05) is 0 Å². The maximum absolute atomic E-state index is 12.0. The van der Waals surface area contributed by atoms with Gasteiger partial charge in [-0.1, -0.05) is 0 Å². The van der Waals surface area contributed by atoms with Crippen LogP contribution in [-0.2, 0) is 14.8 Å². The first-order chi connectivity index (χ1) is 9.27. The molecule has 0 aromatic carbocycles. The molecular formula is C11H16N2O5S2. The summed E-state index contributed by atoms with van der Waals surface area (Å²) >= 11 is 1.08. The number of carbonyl (C=O) groups excluding carboxylic acids is 1. The van der Waals surface area contributed by atoms with Gasteiger partial charge in [0.15, 0.2) is 0 Å². The summed E-state index contributed by atoms with van der Waals surface area (Å²) in [5.74, 6) is -1.41. The molecule has 1 aromatic heterocycles. The monoisotopic (exact) mass is 320 g/mol. The zero-order valence-corrected chi connectivity index (χ0v) is 12.7. The van der Waals surface area contributed by atoms with Crippen LogP contribution in [0.3, 0.4) is 0 Å². The number of carboxylic acid groups (broad SMARTS) is 1. The van der Waals surface area contributed by atoms with Crippen LogP contribution in [0.25, 0.3) is 0 Å². The van der Waals surface area contributed by atoms with Crippen LogP contribution in [0.2, 0.25) is 0 Å². The van der Waals surface area contributed by atoms with E-state index in [4.69, 9.17) is 5.11 Å². The number of hydrogen-bond acceptors (Lipinski definition) is 5. The van der Waals surface area contributed by atoms with Gasteiger partial charge in [0.05, 0.1) is 16.2 Å². The number of aliphatic carboxylic acids is 1. The Balaban J connectivity index is 2.90. The Hall–Kier alpha value is -1.45. The van der Waals surface area contributed by atoms with E-state index in [0.29, 0.717) is 16.3 Å².